The molecule has 6 nitrogen and oxygen atoms in total. The monoisotopic (exact) mass is 288 g/mol. The molecule has 2 heterocycles. The molecule has 0 spiro atoms. The molecule has 2 aromatic rings. The summed E-state index contributed by atoms with van der Waals surface area (Å²) in [6.45, 7) is 0.548. The van der Waals surface area contributed by atoms with Gasteiger partial charge in [0.25, 0.3) is 5.91 Å². The van der Waals surface area contributed by atoms with Crippen LogP contribution in [0.5, 0.6) is 0 Å². The minimum atomic E-state index is -0.714. The summed E-state index contributed by atoms with van der Waals surface area (Å²) in [7, 11) is 0. The van der Waals surface area contributed by atoms with Crippen molar-refractivity contribution < 1.29 is 19.1 Å². The lowest BCUT2D eigenvalue weighted by Crippen LogP contribution is -2.29. The van der Waals surface area contributed by atoms with Crippen molar-refractivity contribution >= 4 is 22.8 Å². The number of benzene rings is 1. The van der Waals surface area contributed by atoms with Crippen LogP contribution in [0.2, 0.25) is 0 Å². The molecule has 2 atom stereocenters. The lowest BCUT2D eigenvalue weighted by molar-refractivity contribution is -0.119. The number of carbonyl (C=O) groups excluding carboxylic acids is 2. The van der Waals surface area contributed by atoms with Crippen LogP contribution in [0, 0.1) is 5.92 Å². The molecule has 2 amide bonds. The number of hydrogen-bond donors (Lipinski definition) is 2. The van der Waals surface area contributed by atoms with Crippen molar-refractivity contribution in [3.63, 3.8) is 0 Å². The minimum Gasteiger partial charge on any atom is -0.464 e. The van der Waals surface area contributed by atoms with Crippen LogP contribution in [0.25, 0.3) is 11.0 Å². The topological polar surface area (TPSA) is 96.8 Å². The van der Waals surface area contributed by atoms with Gasteiger partial charge < -0.3 is 20.2 Å². The number of hydrogen-bond acceptors (Lipinski definition) is 4. The number of furan rings is 1. The summed E-state index contributed by atoms with van der Waals surface area (Å²) < 4.78 is 5.28. The number of carbonyl (C=O) groups is 2. The largest absolute Gasteiger partial charge is 0.464 e. The number of amides is 2. The van der Waals surface area contributed by atoms with Gasteiger partial charge in [0.1, 0.15) is 5.58 Å². The number of nitrogens with two attached hydrogens (primary N) is 1. The summed E-state index contributed by atoms with van der Waals surface area (Å²) in [5, 5.41) is 10.9. The van der Waals surface area contributed by atoms with Crippen LogP contribution < -0.4 is 5.73 Å². The quantitative estimate of drug-likeness (QED) is 0.870. The average Bonchev–Trinajstić information content (AvgIpc) is 3.04. The van der Waals surface area contributed by atoms with Gasteiger partial charge in [-0.1, -0.05) is 6.07 Å². The van der Waals surface area contributed by atoms with E-state index in [1.54, 1.807) is 23.3 Å². The molecule has 0 radical (unpaired) electrons. The third-order valence-corrected chi connectivity index (χ3v) is 3.86. The lowest BCUT2D eigenvalue weighted by Gasteiger charge is -2.15. The average molecular weight is 288 g/mol. The summed E-state index contributed by atoms with van der Waals surface area (Å²) in [6.07, 6.45) is 0.942. The fraction of sp³-hybridized carbons (Fsp3) is 0.333. The van der Waals surface area contributed by atoms with Crippen molar-refractivity contribution in [2.45, 2.75) is 12.5 Å². The number of rotatable bonds is 3. The summed E-state index contributed by atoms with van der Waals surface area (Å²) in [4.78, 5) is 24.9. The Morgan fingerprint density at radius 2 is 2.14 bits per heavy atom. The molecule has 0 unspecified atom stereocenters. The van der Waals surface area contributed by atoms with Crippen molar-refractivity contribution in [2.75, 3.05) is 13.1 Å². The minimum absolute atomic E-state index is 0.0855. The summed E-state index contributed by atoms with van der Waals surface area (Å²) in [5.41, 5.74) is 6.30. The van der Waals surface area contributed by atoms with Gasteiger partial charge in [-0.2, -0.15) is 0 Å². The number of likely N-dealkylation sites (tertiary alicyclic amines) is 1. The second-order valence-corrected chi connectivity index (χ2v) is 5.38. The Kier molecular flexibility index (Phi) is 3.39. The highest BCUT2D eigenvalue weighted by atomic mass is 16.3. The molecular formula is C15H16N2O4. The Morgan fingerprint density at radius 3 is 2.90 bits per heavy atom. The second-order valence-electron chi connectivity index (χ2n) is 5.38. The number of β-amino-alcohol motifs (C(OH)–C–C–N with tert-alkyl or cyclic N) is 1. The zero-order valence-corrected chi connectivity index (χ0v) is 11.4. The number of nitrogens with zero attached hydrogens (tertiary/aromatic N) is 1. The van der Waals surface area contributed by atoms with Crippen molar-refractivity contribution in [1.82, 2.24) is 4.90 Å². The van der Waals surface area contributed by atoms with Crippen LogP contribution >= 0.6 is 0 Å². The van der Waals surface area contributed by atoms with Gasteiger partial charge in [-0.25, -0.2) is 0 Å². The fourth-order valence-electron chi connectivity index (χ4n) is 2.75. The fourth-order valence-corrected chi connectivity index (χ4v) is 2.75. The highest BCUT2D eigenvalue weighted by Crippen LogP contribution is 2.23. The van der Waals surface area contributed by atoms with Gasteiger partial charge in [-0.15, -0.1) is 0 Å². The SMILES string of the molecule is NC(=O)C[C@@H]1CN(C(=O)c2ccc3ccoc3c2)C[C@H]1O. The summed E-state index contributed by atoms with van der Waals surface area (Å²) in [6, 6.07) is 7.06. The third-order valence-electron chi connectivity index (χ3n) is 3.86. The van der Waals surface area contributed by atoms with Crippen LogP contribution in [0.4, 0.5) is 0 Å². The Morgan fingerprint density at radius 1 is 1.33 bits per heavy atom. The number of aliphatic hydroxyl groups is 1. The lowest BCUT2D eigenvalue weighted by atomic mass is 10.0. The van der Waals surface area contributed by atoms with Crippen LogP contribution in [0.15, 0.2) is 34.9 Å². The highest BCUT2D eigenvalue weighted by Gasteiger charge is 2.35. The summed E-state index contributed by atoms with van der Waals surface area (Å²) >= 11 is 0. The van der Waals surface area contributed by atoms with E-state index in [1.807, 2.05) is 12.1 Å². The maximum absolute atomic E-state index is 12.4. The van der Waals surface area contributed by atoms with Crippen molar-refractivity contribution in [1.29, 1.82) is 0 Å². The highest BCUT2D eigenvalue weighted by molar-refractivity contribution is 5.97. The first-order valence-electron chi connectivity index (χ1n) is 6.77. The first-order chi connectivity index (χ1) is 10.0. The van der Waals surface area contributed by atoms with Crippen LogP contribution in [0.3, 0.4) is 0 Å². The van der Waals surface area contributed by atoms with E-state index in [-0.39, 0.29) is 24.8 Å². The van der Waals surface area contributed by atoms with Crippen LogP contribution in [0.1, 0.15) is 16.8 Å². The zero-order chi connectivity index (χ0) is 15.0. The molecule has 0 bridgehead atoms. The first-order valence-corrected chi connectivity index (χ1v) is 6.77. The Labute approximate surface area is 121 Å². The maximum Gasteiger partial charge on any atom is 0.254 e. The van der Waals surface area contributed by atoms with Gasteiger partial charge in [0, 0.05) is 36.4 Å². The molecule has 0 aliphatic carbocycles. The van der Waals surface area contributed by atoms with Crippen molar-refractivity contribution in [3.8, 4) is 0 Å². The van der Waals surface area contributed by atoms with Gasteiger partial charge in [0.15, 0.2) is 0 Å². The van der Waals surface area contributed by atoms with Crippen molar-refractivity contribution in [2.24, 2.45) is 11.7 Å². The van der Waals surface area contributed by atoms with Crippen LogP contribution in [-0.4, -0.2) is 41.0 Å². The van der Waals surface area contributed by atoms with E-state index in [4.69, 9.17) is 10.2 Å². The number of primary amides is 1. The van der Waals surface area contributed by atoms with Gasteiger partial charge >= 0.3 is 0 Å². The molecule has 3 rings (SSSR count). The second kappa shape index (κ2) is 5.21. The molecule has 110 valence electrons. The molecule has 0 saturated carbocycles. The zero-order valence-electron chi connectivity index (χ0n) is 11.4. The van der Waals surface area contributed by atoms with Crippen LogP contribution in [-0.2, 0) is 4.79 Å². The van der Waals surface area contributed by atoms with Gasteiger partial charge in [-0.3, -0.25) is 9.59 Å². The summed E-state index contributed by atoms with van der Waals surface area (Å²) in [5.74, 6) is -0.941. The Balaban J connectivity index is 1.77. The molecule has 1 aromatic heterocycles. The molecular weight excluding hydrogens is 272 g/mol. The Bertz CT molecular complexity index is 694. The molecule has 3 N–H and O–H groups in total. The predicted octanol–water partition coefficient (Wildman–Crippen LogP) is 0.741. The van der Waals surface area contributed by atoms with E-state index in [0.717, 1.165) is 5.39 Å². The third kappa shape index (κ3) is 2.62. The van der Waals surface area contributed by atoms with E-state index in [0.29, 0.717) is 17.7 Å². The standard InChI is InChI=1S/C15H16N2O4/c16-14(19)6-11-7-17(8-12(11)18)15(20)10-2-1-9-3-4-21-13(9)5-10/h1-5,11-12,18H,6-8H2,(H2,16,19)/t11-,12-/m1/s1. The normalized spacial score (nSPS) is 21.9. The molecule has 1 aromatic carbocycles. The van der Waals surface area contributed by atoms with E-state index in [2.05, 4.69) is 0 Å². The first kappa shape index (κ1) is 13.6. The number of aliphatic hydroxyl groups excluding tert-OH is 1. The van der Waals surface area contributed by atoms with E-state index >= 15 is 0 Å². The van der Waals surface area contributed by atoms with Gasteiger partial charge in [-0.05, 0) is 18.2 Å². The van der Waals surface area contributed by atoms with E-state index in [9.17, 15) is 14.7 Å². The van der Waals surface area contributed by atoms with E-state index < -0.39 is 12.0 Å². The number of fused-ring (bicyclic) bond motifs is 1. The maximum atomic E-state index is 12.4. The van der Waals surface area contributed by atoms with E-state index in [1.165, 1.54) is 0 Å². The molecule has 21 heavy (non-hydrogen) atoms. The molecule has 1 aliphatic heterocycles. The molecule has 1 fully saturated rings. The Hall–Kier alpha value is -2.34. The van der Waals surface area contributed by atoms with Crippen molar-refractivity contribution in [3.05, 3.63) is 36.1 Å². The predicted molar refractivity (Wildman–Crippen MR) is 75.4 cm³/mol. The van der Waals surface area contributed by atoms with Gasteiger partial charge in [0.05, 0.1) is 12.4 Å². The molecule has 1 aliphatic rings. The molecule has 6 heteroatoms. The molecule has 1 saturated heterocycles. The smallest absolute Gasteiger partial charge is 0.254 e. The van der Waals surface area contributed by atoms with Gasteiger partial charge in [0.2, 0.25) is 5.91 Å².